The van der Waals surface area contributed by atoms with Gasteiger partial charge in [-0.2, -0.15) is 0 Å². The highest BCUT2D eigenvalue weighted by Gasteiger charge is 2.58. The monoisotopic (exact) mass is 379 g/mol. The molecule has 2 aliphatic carbocycles. The fourth-order valence-electron chi connectivity index (χ4n) is 4.54. The normalized spacial score (nSPS) is 32.8. The molecule has 23 heavy (non-hydrogen) atoms. The first kappa shape index (κ1) is 17.0. The molecule has 126 valence electrons. The zero-order chi connectivity index (χ0) is 16.7. The summed E-state index contributed by atoms with van der Waals surface area (Å²) in [6.45, 7) is 6.80. The average Bonchev–Trinajstić information content (AvgIpc) is 2.79. The van der Waals surface area contributed by atoms with Gasteiger partial charge in [-0.3, -0.25) is 0 Å². The van der Waals surface area contributed by atoms with E-state index in [2.05, 4.69) is 40.7 Å². The van der Waals surface area contributed by atoms with Crippen LogP contribution in [-0.4, -0.2) is 19.8 Å². The fourth-order valence-corrected chi connectivity index (χ4v) is 4.91. The molecular formula is C19H26BrNO2. The van der Waals surface area contributed by atoms with E-state index in [9.17, 15) is 0 Å². The molecule has 4 heteroatoms. The second-order valence-electron chi connectivity index (χ2n) is 6.86. The zero-order valence-electron chi connectivity index (χ0n) is 14.0. The predicted octanol–water partition coefficient (Wildman–Crippen LogP) is 4.28. The summed E-state index contributed by atoms with van der Waals surface area (Å²) in [6, 6.07) is 6.44. The molecule has 1 atom stereocenters. The van der Waals surface area contributed by atoms with Gasteiger partial charge in [0.2, 0.25) is 0 Å². The van der Waals surface area contributed by atoms with Crippen LogP contribution in [0, 0.1) is 5.41 Å². The second-order valence-corrected chi connectivity index (χ2v) is 7.77. The van der Waals surface area contributed by atoms with Crippen molar-refractivity contribution in [1.82, 2.24) is 0 Å². The fraction of sp³-hybridized carbons (Fsp3) is 0.579. The standard InChI is InChI=1S/C19H26BrNO2/c1-4-23-13(2)19(21)17-11-15(20)6-5-14(17)12-18(19)9-7-16(22-3)8-10-18/h5-6,11,16H,2,4,7-10,12,21H2,1,3H3. The molecule has 0 heterocycles. The molecule has 0 aromatic heterocycles. The van der Waals surface area contributed by atoms with Crippen LogP contribution in [0.4, 0.5) is 0 Å². The average molecular weight is 380 g/mol. The van der Waals surface area contributed by atoms with E-state index in [1.807, 2.05) is 6.92 Å². The van der Waals surface area contributed by atoms with E-state index in [1.54, 1.807) is 7.11 Å². The van der Waals surface area contributed by atoms with Crippen molar-refractivity contribution >= 4 is 15.9 Å². The van der Waals surface area contributed by atoms with Crippen LogP contribution in [0.25, 0.3) is 0 Å². The lowest BCUT2D eigenvalue weighted by molar-refractivity contribution is -0.0101. The minimum Gasteiger partial charge on any atom is -0.496 e. The van der Waals surface area contributed by atoms with Crippen LogP contribution in [0.3, 0.4) is 0 Å². The number of ether oxygens (including phenoxy) is 2. The number of hydrogen-bond donors (Lipinski definition) is 1. The molecule has 2 N–H and O–H groups in total. The number of halogens is 1. The van der Waals surface area contributed by atoms with Crippen LogP contribution in [0.5, 0.6) is 0 Å². The molecule has 0 aliphatic heterocycles. The van der Waals surface area contributed by atoms with Gasteiger partial charge in [0.1, 0.15) is 11.3 Å². The van der Waals surface area contributed by atoms with Crippen molar-refractivity contribution in [3.63, 3.8) is 0 Å². The Hall–Kier alpha value is -0.840. The van der Waals surface area contributed by atoms with Gasteiger partial charge in [-0.05, 0) is 62.3 Å². The highest BCUT2D eigenvalue weighted by Crippen LogP contribution is 2.59. The van der Waals surface area contributed by atoms with Gasteiger partial charge in [-0.1, -0.05) is 28.6 Å². The van der Waals surface area contributed by atoms with Gasteiger partial charge in [-0.15, -0.1) is 0 Å². The van der Waals surface area contributed by atoms with Gasteiger partial charge >= 0.3 is 0 Å². The first-order valence-corrected chi connectivity index (χ1v) is 9.19. The maximum atomic E-state index is 7.08. The third kappa shape index (κ3) is 2.55. The molecule has 1 aromatic rings. The van der Waals surface area contributed by atoms with Gasteiger partial charge in [0.05, 0.1) is 12.7 Å². The van der Waals surface area contributed by atoms with Gasteiger partial charge in [-0.25, -0.2) is 0 Å². The summed E-state index contributed by atoms with van der Waals surface area (Å²) < 4.78 is 12.5. The Morgan fingerprint density at radius 2 is 2.09 bits per heavy atom. The molecule has 1 spiro atoms. The van der Waals surface area contributed by atoms with Crippen LogP contribution in [0.1, 0.15) is 43.7 Å². The molecule has 1 aromatic carbocycles. The lowest BCUT2D eigenvalue weighted by Crippen LogP contribution is -2.54. The van der Waals surface area contributed by atoms with Gasteiger partial charge in [0, 0.05) is 17.0 Å². The Labute approximate surface area is 147 Å². The molecule has 3 nitrogen and oxygen atoms in total. The first-order valence-electron chi connectivity index (χ1n) is 8.39. The van der Waals surface area contributed by atoms with Gasteiger partial charge < -0.3 is 15.2 Å². The van der Waals surface area contributed by atoms with E-state index < -0.39 is 5.54 Å². The largest absolute Gasteiger partial charge is 0.496 e. The van der Waals surface area contributed by atoms with Crippen molar-refractivity contribution in [1.29, 1.82) is 0 Å². The van der Waals surface area contributed by atoms with Crippen LogP contribution in [0.2, 0.25) is 0 Å². The van der Waals surface area contributed by atoms with Crippen molar-refractivity contribution < 1.29 is 9.47 Å². The second kappa shape index (κ2) is 6.23. The highest BCUT2D eigenvalue weighted by molar-refractivity contribution is 9.10. The Morgan fingerprint density at radius 1 is 1.39 bits per heavy atom. The molecule has 1 unspecified atom stereocenters. The molecule has 1 saturated carbocycles. The van der Waals surface area contributed by atoms with E-state index in [-0.39, 0.29) is 5.41 Å². The zero-order valence-corrected chi connectivity index (χ0v) is 15.6. The number of hydrogen-bond acceptors (Lipinski definition) is 3. The summed E-state index contributed by atoms with van der Waals surface area (Å²) in [6.07, 6.45) is 5.52. The van der Waals surface area contributed by atoms with Crippen LogP contribution < -0.4 is 5.73 Å². The minimum atomic E-state index is -0.624. The van der Waals surface area contributed by atoms with Crippen LogP contribution in [0.15, 0.2) is 35.0 Å². The Morgan fingerprint density at radius 3 is 2.70 bits per heavy atom. The van der Waals surface area contributed by atoms with E-state index >= 15 is 0 Å². The number of rotatable bonds is 4. The Kier molecular flexibility index (Phi) is 4.60. The van der Waals surface area contributed by atoms with Crippen molar-refractivity contribution in [2.24, 2.45) is 11.1 Å². The summed E-state index contributed by atoms with van der Waals surface area (Å²) in [5.74, 6) is 0.702. The molecule has 0 radical (unpaired) electrons. The lowest BCUT2D eigenvalue weighted by atomic mass is 9.61. The number of methoxy groups -OCH3 is 1. The third-order valence-electron chi connectivity index (χ3n) is 5.84. The summed E-state index contributed by atoms with van der Waals surface area (Å²) in [7, 11) is 1.80. The van der Waals surface area contributed by atoms with Crippen molar-refractivity contribution in [2.75, 3.05) is 13.7 Å². The molecule has 0 saturated heterocycles. The van der Waals surface area contributed by atoms with Crippen LogP contribution in [-0.2, 0) is 21.4 Å². The maximum absolute atomic E-state index is 7.08. The quantitative estimate of drug-likeness (QED) is 0.793. The number of nitrogens with two attached hydrogens (primary N) is 1. The maximum Gasteiger partial charge on any atom is 0.114 e. The van der Waals surface area contributed by atoms with E-state index in [4.69, 9.17) is 15.2 Å². The van der Waals surface area contributed by atoms with E-state index in [1.165, 1.54) is 11.1 Å². The SMILES string of the molecule is C=C(OCC)C1(N)c2cc(Br)ccc2CC12CCC(OC)CC2. The lowest BCUT2D eigenvalue weighted by Gasteiger charge is -2.48. The van der Waals surface area contributed by atoms with Gasteiger partial charge in [0.15, 0.2) is 0 Å². The Balaban J connectivity index is 2.05. The first-order chi connectivity index (χ1) is 11.0. The summed E-state index contributed by atoms with van der Waals surface area (Å²) in [5.41, 5.74) is 8.93. The van der Waals surface area contributed by atoms with Crippen molar-refractivity contribution in [2.45, 2.75) is 50.7 Å². The molecular weight excluding hydrogens is 354 g/mol. The third-order valence-corrected chi connectivity index (χ3v) is 6.34. The van der Waals surface area contributed by atoms with Gasteiger partial charge in [0.25, 0.3) is 0 Å². The molecule has 0 amide bonds. The molecule has 1 fully saturated rings. The number of fused-ring (bicyclic) bond motifs is 1. The molecule has 3 rings (SSSR count). The van der Waals surface area contributed by atoms with E-state index in [0.29, 0.717) is 18.5 Å². The van der Waals surface area contributed by atoms with Crippen LogP contribution >= 0.6 is 15.9 Å². The minimum absolute atomic E-state index is 0.0165. The number of benzene rings is 1. The topological polar surface area (TPSA) is 44.5 Å². The van der Waals surface area contributed by atoms with Crippen molar-refractivity contribution in [3.8, 4) is 0 Å². The molecule has 2 aliphatic rings. The summed E-state index contributed by atoms with van der Waals surface area (Å²) in [4.78, 5) is 0. The summed E-state index contributed by atoms with van der Waals surface area (Å²) in [5, 5.41) is 0. The highest BCUT2D eigenvalue weighted by atomic mass is 79.9. The molecule has 0 bridgehead atoms. The van der Waals surface area contributed by atoms with E-state index in [0.717, 1.165) is 36.6 Å². The smallest absolute Gasteiger partial charge is 0.114 e. The predicted molar refractivity (Wildman–Crippen MR) is 96.2 cm³/mol. The van der Waals surface area contributed by atoms with Crippen molar-refractivity contribution in [3.05, 3.63) is 46.1 Å². The summed E-state index contributed by atoms with van der Waals surface area (Å²) >= 11 is 3.59. The Bertz CT molecular complexity index is 607.